The number of ether oxygens (including phenoxy) is 2. The van der Waals surface area contributed by atoms with Gasteiger partial charge < -0.3 is 30.4 Å². The molecule has 1 saturated heterocycles. The molecule has 1 aliphatic heterocycles. The monoisotopic (exact) mass is 417 g/mol. The molecule has 3 aromatic rings. The number of para-hydroxylation sites is 2. The van der Waals surface area contributed by atoms with Crippen molar-refractivity contribution in [3.8, 4) is 11.5 Å². The number of hydrogen-bond acceptors (Lipinski definition) is 8. The zero-order valence-corrected chi connectivity index (χ0v) is 16.8. The quantitative estimate of drug-likeness (QED) is 0.472. The molecule has 1 amide bonds. The summed E-state index contributed by atoms with van der Waals surface area (Å²) >= 11 is 0. The van der Waals surface area contributed by atoms with Gasteiger partial charge in [-0.3, -0.25) is 4.79 Å². The molecule has 0 radical (unpaired) electrons. The number of aromatic amines is 1. The van der Waals surface area contributed by atoms with Crippen LogP contribution >= 0.6 is 0 Å². The highest BCUT2D eigenvalue weighted by molar-refractivity contribution is 5.80. The number of benzene rings is 1. The van der Waals surface area contributed by atoms with E-state index in [4.69, 9.17) is 20.2 Å². The highest BCUT2D eigenvalue weighted by Gasteiger charge is 2.26. The predicted molar refractivity (Wildman–Crippen MR) is 119 cm³/mol. The van der Waals surface area contributed by atoms with Gasteiger partial charge >= 0.3 is 0 Å². The van der Waals surface area contributed by atoms with Crippen LogP contribution in [-0.2, 0) is 14.3 Å². The summed E-state index contributed by atoms with van der Waals surface area (Å²) in [4.78, 5) is 30.9. The number of nitrogens with one attached hydrogen (secondary N) is 2. The van der Waals surface area contributed by atoms with Crippen LogP contribution in [0.15, 0.2) is 30.5 Å². The van der Waals surface area contributed by atoms with E-state index < -0.39 is 0 Å². The van der Waals surface area contributed by atoms with E-state index in [0.717, 1.165) is 24.0 Å². The summed E-state index contributed by atoms with van der Waals surface area (Å²) in [6, 6.07) is 7.77. The number of nitrogens with two attached hydrogens (primary N) is 1. The Bertz CT molecular complexity index is 1000. The summed E-state index contributed by atoms with van der Waals surface area (Å²) < 4.78 is 10.2. The first-order chi connectivity index (χ1) is 14.6. The molecule has 10 heteroatoms. The summed E-state index contributed by atoms with van der Waals surface area (Å²) in [6.45, 7) is 2.29. The largest absolute Gasteiger partial charge is 0.382 e. The molecular formula is C20H31N7O3. The van der Waals surface area contributed by atoms with E-state index in [2.05, 4.69) is 25.2 Å². The summed E-state index contributed by atoms with van der Waals surface area (Å²) in [5.41, 5.74) is 8.34. The van der Waals surface area contributed by atoms with Gasteiger partial charge in [0.15, 0.2) is 17.3 Å². The summed E-state index contributed by atoms with van der Waals surface area (Å²) in [5, 5.41) is 2.99. The molecular weight excluding hydrogens is 386 g/mol. The van der Waals surface area contributed by atoms with Crippen LogP contribution in [0.3, 0.4) is 0 Å². The van der Waals surface area contributed by atoms with Crippen LogP contribution in [0.5, 0.6) is 0 Å². The molecule has 30 heavy (non-hydrogen) atoms. The lowest BCUT2D eigenvalue weighted by Gasteiger charge is -2.18. The number of anilines is 2. The normalized spacial score (nSPS) is 16.3. The zero-order valence-electron chi connectivity index (χ0n) is 16.8. The van der Waals surface area contributed by atoms with Gasteiger partial charge in [0.05, 0.1) is 30.4 Å². The number of fused-ring (bicyclic) bond motifs is 1. The summed E-state index contributed by atoms with van der Waals surface area (Å²) in [5.74, 6) is 1.47. The lowest BCUT2D eigenvalue weighted by molar-refractivity contribution is -0.126. The van der Waals surface area contributed by atoms with Crippen molar-refractivity contribution in [3.63, 3.8) is 0 Å². The third-order valence-electron chi connectivity index (χ3n) is 4.94. The SMILES string of the molecule is COCCOCC(=O)N[C@H]1CCN(c2cnc(N)c(-c3nc4ccccc4[nH]3)n2)C1.[HH].[HH].[HH]. The Hall–Kier alpha value is -3.24. The van der Waals surface area contributed by atoms with Crippen molar-refractivity contribution >= 4 is 28.6 Å². The van der Waals surface area contributed by atoms with Gasteiger partial charge in [-0.2, -0.15) is 0 Å². The molecule has 0 spiro atoms. The van der Waals surface area contributed by atoms with Crippen LogP contribution in [-0.4, -0.2) is 71.9 Å². The summed E-state index contributed by atoms with van der Waals surface area (Å²) in [7, 11) is 1.59. The molecule has 10 nitrogen and oxygen atoms in total. The standard InChI is InChI=1S/C20H25N7O3.3H2/c1-29-8-9-30-12-17(28)23-13-6-7-27(11-13)16-10-22-19(21)18(26-16)20-24-14-4-2-3-5-15(14)25-20;;;/h2-5,10,13H,6-9,11-12H2,1H3,(H2,21,22)(H,23,28)(H,24,25);3*1H/t13-;;;/m0.../s1. The Morgan fingerprint density at radius 1 is 1.37 bits per heavy atom. The third-order valence-corrected chi connectivity index (χ3v) is 4.94. The molecule has 0 aliphatic carbocycles. The van der Waals surface area contributed by atoms with Crippen molar-refractivity contribution in [2.75, 3.05) is 50.7 Å². The van der Waals surface area contributed by atoms with Gasteiger partial charge in [0, 0.05) is 30.5 Å². The first-order valence-corrected chi connectivity index (χ1v) is 9.82. The van der Waals surface area contributed by atoms with E-state index in [1.165, 1.54) is 0 Å². The number of methoxy groups -OCH3 is 1. The number of rotatable bonds is 8. The number of aromatic nitrogens is 4. The van der Waals surface area contributed by atoms with Crippen molar-refractivity contribution in [2.45, 2.75) is 12.5 Å². The van der Waals surface area contributed by atoms with E-state index in [9.17, 15) is 4.79 Å². The van der Waals surface area contributed by atoms with Crippen molar-refractivity contribution in [1.29, 1.82) is 0 Å². The van der Waals surface area contributed by atoms with Crippen molar-refractivity contribution in [2.24, 2.45) is 0 Å². The van der Waals surface area contributed by atoms with Crippen LogP contribution in [0.1, 0.15) is 10.7 Å². The Balaban J connectivity index is 0.00000181. The number of carbonyl (C=O) groups excluding carboxylic acids is 1. The van der Waals surface area contributed by atoms with E-state index >= 15 is 0 Å². The fourth-order valence-corrected chi connectivity index (χ4v) is 3.44. The minimum Gasteiger partial charge on any atom is -0.382 e. The molecule has 4 N–H and O–H groups in total. The van der Waals surface area contributed by atoms with Crippen LogP contribution in [0.25, 0.3) is 22.6 Å². The van der Waals surface area contributed by atoms with Gasteiger partial charge in [0.1, 0.15) is 12.4 Å². The van der Waals surface area contributed by atoms with E-state index in [1.807, 2.05) is 24.3 Å². The molecule has 1 aliphatic rings. The van der Waals surface area contributed by atoms with Crippen molar-refractivity contribution in [1.82, 2.24) is 25.3 Å². The van der Waals surface area contributed by atoms with E-state index in [-0.39, 0.29) is 22.8 Å². The number of H-pyrrole nitrogens is 1. The van der Waals surface area contributed by atoms with Crippen molar-refractivity contribution in [3.05, 3.63) is 30.5 Å². The minimum absolute atomic E-state index is 0. The highest BCUT2D eigenvalue weighted by Crippen LogP contribution is 2.26. The Labute approximate surface area is 178 Å². The van der Waals surface area contributed by atoms with E-state index in [1.54, 1.807) is 13.3 Å². The Morgan fingerprint density at radius 3 is 3.07 bits per heavy atom. The van der Waals surface area contributed by atoms with Crippen LogP contribution in [0.2, 0.25) is 0 Å². The number of nitrogen functional groups attached to an aromatic ring is 1. The average molecular weight is 418 g/mol. The van der Waals surface area contributed by atoms with Crippen LogP contribution in [0, 0.1) is 0 Å². The lowest BCUT2D eigenvalue weighted by Crippen LogP contribution is -2.39. The smallest absolute Gasteiger partial charge is 0.246 e. The second-order valence-electron chi connectivity index (χ2n) is 7.11. The summed E-state index contributed by atoms with van der Waals surface area (Å²) in [6.07, 6.45) is 2.47. The molecule has 3 heterocycles. The maximum absolute atomic E-state index is 12.0. The second kappa shape index (κ2) is 9.06. The predicted octanol–water partition coefficient (Wildman–Crippen LogP) is 1.70. The van der Waals surface area contributed by atoms with Gasteiger partial charge in [-0.1, -0.05) is 12.1 Å². The Morgan fingerprint density at radius 2 is 2.23 bits per heavy atom. The topological polar surface area (TPSA) is 131 Å². The highest BCUT2D eigenvalue weighted by atomic mass is 16.5. The molecule has 4 rings (SSSR count). The Kier molecular flexibility index (Phi) is 6.05. The first-order valence-electron chi connectivity index (χ1n) is 9.82. The molecule has 1 atom stereocenters. The van der Waals surface area contributed by atoms with Gasteiger partial charge in [0.2, 0.25) is 5.91 Å². The molecule has 0 unspecified atom stereocenters. The number of carbonyl (C=O) groups is 1. The van der Waals surface area contributed by atoms with Gasteiger partial charge in [-0.15, -0.1) is 0 Å². The minimum atomic E-state index is -0.135. The van der Waals surface area contributed by atoms with E-state index in [0.29, 0.717) is 42.9 Å². The molecule has 0 saturated carbocycles. The fraction of sp³-hybridized carbons (Fsp3) is 0.400. The average Bonchev–Trinajstić information content (AvgIpc) is 3.38. The first kappa shape index (κ1) is 20.0. The zero-order chi connectivity index (χ0) is 20.9. The van der Waals surface area contributed by atoms with Crippen LogP contribution in [0.4, 0.5) is 11.6 Å². The third kappa shape index (κ3) is 4.50. The molecule has 0 bridgehead atoms. The lowest BCUT2D eigenvalue weighted by atomic mass is 10.2. The van der Waals surface area contributed by atoms with Gasteiger partial charge in [-0.05, 0) is 18.6 Å². The molecule has 164 valence electrons. The number of amides is 1. The molecule has 2 aromatic heterocycles. The maximum atomic E-state index is 12.0. The number of imidazole rings is 1. The molecule has 1 aromatic carbocycles. The molecule has 1 fully saturated rings. The number of hydrogen-bond donors (Lipinski definition) is 3. The maximum Gasteiger partial charge on any atom is 0.246 e. The second-order valence-corrected chi connectivity index (χ2v) is 7.11. The van der Waals surface area contributed by atoms with Gasteiger partial charge in [-0.25, -0.2) is 15.0 Å². The van der Waals surface area contributed by atoms with Crippen molar-refractivity contribution < 1.29 is 18.5 Å². The van der Waals surface area contributed by atoms with Gasteiger partial charge in [0.25, 0.3) is 0 Å². The fourth-order valence-electron chi connectivity index (χ4n) is 3.44. The number of nitrogens with zero attached hydrogens (tertiary/aromatic N) is 4. The van der Waals surface area contributed by atoms with Crippen LogP contribution < -0.4 is 16.0 Å².